The van der Waals surface area contributed by atoms with Gasteiger partial charge in [0.15, 0.2) is 0 Å². The van der Waals surface area contributed by atoms with Crippen LogP contribution >= 0.6 is 0 Å². The van der Waals surface area contributed by atoms with Crippen molar-refractivity contribution in [3.05, 3.63) is 88.1 Å². The average molecular weight is 491 g/mol. The van der Waals surface area contributed by atoms with Crippen LogP contribution in [0.4, 0.5) is 20.6 Å². The van der Waals surface area contributed by atoms with Crippen molar-refractivity contribution < 1.29 is 18.7 Å². The third-order valence-electron chi connectivity index (χ3n) is 6.77. The fourth-order valence-electron chi connectivity index (χ4n) is 5.15. The van der Waals surface area contributed by atoms with Crippen molar-refractivity contribution in [3.63, 3.8) is 0 Å². The Morgan fingerprint density at radius 2 is 1.72 bits per heavy atom. The first-order chi connectivity index (χ1) is 17.4. The maximum Gasteiger partial charge on any atom is 0.321 e. The number of rotatable bonds is 5. The van der Waals surface area contributed by atoms with Crippen molar-refractivity contribution >= 4 is 23.3 Å². The number of piperidine rings is 1. The molecule has 36 heavy (non-hydrogen) atoms. The maximum absolute atomic E-state index is 13.2. The number of likely N-dealkylation sites (tertiary alicyclic amines) is 1. The molecule has 5 rings (SSSR count). The van der Waals surface area contributed by atoms with E-state index < -0.39 is 0 Å². The maximum atomic E-state index is 13.2. The van der Waals surface area contributed by atoms with Gasteiger partial charge >= 0.3 is 6.03 Å². The number of carbonyl (C=O) groups excluding carboxylic acids is 2. The van der Waals surface area contributed by atoms with Crippen LogP contribution in [0.3, 0.4) is 0 Å². The second-order valence-corrected chi connectivity index (χ2v) is 9.29. The molecule has 9 heteroatoms. The van der Waals surface area contributed by atoms with Gasteiger partial charge < -0.3 is 24.8 Å². The minimum absolute atomic E-state index is 0.0957. The van der Waals surface area contributed by atoms with E-state index in [1.165, 1.54) is 30.3 Å². The molecule has 0 saturated carbocycles. The van der Waals surface area contributed by atoms with E-state index in [0.29, 0.717) is 31.0 Å². The van der Waals surface area contributed by atoms with Gasteiger partial charge in [-0.05, 0) is 60.4 Å². The lowest BCUT2D eigenvalue weighted by Crippen LogP contribution is -2.50. The van der Waals surface area contributed by atoms with E-state index in [4.69, 9.17) is 4.74 Å². The lowest BCUT2D eigenvalue weighted by Gasteiger charge is -2.43. The second kappa shape index (κ2) is 9.85. The molecule has 1 aromatic heterocycles. The zero-order valence-corrected chi connectivity index (χ0v) is 19.9. The Morgan fingerprint density at radius 1 is 0.972 bits per heavy atom. The van der Waals surface area contributed by atoms with Gasteiger partial charge in [0.05, 0.1) is 19.2 Å². The molecule has 2 aromatic carbocycles. The Balaban J connectivity index is 1.33. The molecule has 0 aliphatic carbocycles. The number of anilines is 2. The number of hydrogen-bond acceptors (Lipinski definition) is 4. The molecule has 2 aliphatic rings. The third-order valence-corrected chi connectivity index (χ3v) is 6.77. The second-order valence-electron chi connectivity index (χ2n) is 9.29. The monoisotopic (exact) mass is 490 g/mol. The van der Waals surface area contributed by atoms with E-state index >= 15 is 0 Å². The number of fused-ring (bicyclic) bond motifs is 4. The summed E-state index contributed by atoms with van der Waals surface area (Å²) < 4.78 is 20.1. The molecule has 8 nitrogen and oxygen atoms in total. The quantitative estimate of drug-likeness (QED) is 0.569. The van der Waals surface area contributed by atoms with Crippen molar-refractivity contribution in [2.24, 2.45) is 5.92 Å². The number of pyridine rings is 1. The van der Waals surface area contributed by atoms with Crippen LogP contribution in [0, 0.1) is 11.7 Å². The molecule has 186 valence electrons. The van der Waals surface area contributed by atoms with Crippen LogP contribution < -0.4 is 20.9 Å². The summed E-state index contributed by atoms with van der Waals surface area (Å²) >= 11 is 0. The van der Waals surface area contributed by atoms with Gasteiger partial charge in [-0.2, -0.15) is 0 Å². The number of halogens is 1. The van der Waals surface area contributed by atoms with E-state index in [1.54, 1.807) is 34.8 Å². The molecule has 0 spiro atoms. The molecule has 2 N–H and O–H groups in total. The molecule has 3 aromatic rings. The number of amides is 3. The molecule has 2 unspecified atom stereocenters. The van der Waals surface area contributed by atoms with Crippen molar-refractivity contribution in [2.75, 3.05) is 30.8 Å². The summed E-state index contributed by atoms with van der Waals surface area (Å²) in [6.07, 6.45) is 1.01. The van der Waals surface area contributed by atoms with Crippen molar-refractivity contribution in [1.82, 2.24) is 9.47 Å². The van der Waals surface area contributed by atoms with Gasteiger partial charge in [0.2, 0.25) is 5.91 Å². The normalized spacial score (nSPS) is 18.2. The zero-order valence-electron chi connectivity index (χ0n) is 19.9. The Kier molecular flexibility index (Phi) is 6.45. The highest BCUT2D eigenvalue weighted by atomic mass is 19.1. The predicted octanol–water partition coefficient (Wildman–Crippen LogP) is 3.83. The summed E-state index contributed by atoms with van der Waals surface area (Å²) in [5.41, 5.74) is 2.59. The highest BCUT2D eigenvalue weighted by Gasteiger charge is 2.38. The molecule has 2 aliphatic heterocycles. The molecule has 2 bridgehead atoms. The Labute approximate surface area is 207 Å². The minimum atomic E-state index is -0.371. The minimum Gasteiger partial charge on any atom is -0.497 e. The van der Waals surface area contributed by atoms with Crippen molar-refractivity contribution in [1.29, 1.82) is 0 Å². The molecule has 0 radical (unpaired) electrons. The summed E-state index contributed by atoms with van der Waals surface area (Å²) in [5, 5.41) is 5.80. The molecule has 2 atom stereocenters. The number of urea groups is 1. The van der Waals surface area contributed by atoms with E-state index in [9.17, 15) is 18.8 Å². The highest BCUT2D eigenvalue weighted by molar-refractivity contribution is 5.93. The first-order valence-electron chi connectivity index (χ1n) is 11.9. The standard InChI is InChI=1S/C27H27FN4O4/c1-36-22-8-2-17(3-9-22)13-24(33)30-23-10-11-25(34)32-15-18-12-19(26(23)32)16-31(14-18)27(35)29-21-6-4-20(28)5-7-21/h2-11,18-19H,12-16H2,1H3,(H,29,35)(H,30,33). The summed E-state index contributed by atoms with van der Waals surface area (Å²) in [6.45, 7) is 1.41. The topological polar surface area (TPSA) is 92.7 Å². The molecule has 3 amide bonds. The van der Waals surface area contributed by atoms with Crippen LogP contribution in [0.5, 0.6) is 5.75 Å². The van der Waals surface area contributed by atoms with Crippen molar-refractivity contribution in [3.8, 4) is 5.75 Å². The van der Waals surface area contributed by atoms with E-state index in [0.717, 1.165) is 23.4 Å². The third kappa shape index (κ3) is 4.95. The van der Waals surface area contributed by atoms with Crippen LogP contribution in [0.2, 0.25) is 0 Å². The number of aromatic nitrogens is 1. The van der Waals surface area contributed by atoms with E-state index in [-0.39, 0.29) is 41.6 Å². The predicted molar refractivity (Wildman–Crippen MR) is 134 cm³/mol. The summed E-state index contributed by atoms with van der Waals surface area (Å²) in [5.74, 6) is 0.185. The number of benzene rings is 2. The molecular weight excluding hydrogens is 463 g/mol. The number of nitrogens with zero attached hydrogens (tertiary/aromatic N) is 2. The number of methoxy groups -OCH3 is 1. The first kappa shape index (κ1) is 23.6. The summed E-state index contributed by atoms with van der Waals surface area (Å²) in [7, 11) is 1.59. The lowest BCUT2D eigenvalue weighted by atomic mass is 9.82. The molecule has 1 saturated heterocycles. The molecule has 3 heterocycles. The largest absolute Gasteiger partial charge is 0.497 e. The van der Waals surface area contributed by atoms with Crippen LogP contribution in [-0.2, 0) is 17.8 Å². The number of carbonyl (C=O) groups is 2. The number of nitrogens with one attached hydrogen (secondary N) is 2. The highest BCUT2D eigenvalue weighted by Crippen LogP contribution is 2.38. The fraction of sp³-hybridized carbons (Fsp3) is 0.296. The average Bonchev–Trinajstić information content (AvgIpc) is 2.87. The molecule has 1 fully saturated rings. The Bertz CT molecular complexity index is 1340. The summed E-state index contributed by atoms with van der Waals surface area (Å²) in [6, 6.07) is 15.8. The van der Waals surface area contributed by atoms with Crippen LogP contribution in [0.25, 0.3) is 0 Å². The summed E-state index contributed by atoms with van der Waals surface area (Å²) in [4.78, 5) is 40.2. The fourth-order valence-corrected chi connectivity index (χ4v) is 5.15. The van der Waals surface area contributed by atoms with Gasteiger partial charge in [-0.15, -0.1) is 0 Å². The van der Waals surface area contributed by atoms with E-state index in [1.807, 2.05) is 12.1 Å². The first-order valence-corrected chi connectivity index (χ1v) is 11.9. The van der Waals surface area contributed by atoms with Crippen LogP contribution in [0.15, 0.2) is 65.5 Å². The smallest absolute Gasteiger partial charge is 0.321 e. The van der Waals surface area contributed by atoms with E-state index in [2.05, 4.69) is 10.6 Å². The van der Waals surface area contributed by atoms with Gasteiger partial charge in [0, 0.05) is 43.0 Å². The SMILES string of the molecule is COc1ccc(CC(=O)Nc2ccc(=O)n3c2C2CC(CN(C(=O)Nc4ccc(F)cc4)C2)C3)cc1. The van der Waals surface area contributed by atoms with Crippen LogP contribution in [-0.4, -0.2) is 41.6 Å². The zero-order chi connectivity index (χ0) is 25.2. The van der Waals surface area contributed by atoms with Gasteiger partial charge in [0.25, 0.3) is 5.56 Å². The van der Waals surface area contributed by atoms with Crippen LogP contribution in [0.1, 0.15) is 23.6 Å². The Hall–Kier alpha value is -4.14. The van der Waals surface area contributed by atoms with Crippen molar-refractivity contribution in [2.45, 2.75) is 25.3 Å². The van der Waals surface area contributed by atoms with Gasteiger partial charge in [-0.25, -0.2) is 9.18 Å². The molecular formula is C27H27FN4O4. The van der Waals surface area contributed by atoms with Gasteiger partial charge in [-0.1, -0.05) is 12.1 Å². The lowest BCUT2D eigenvalue weighted by molar-refractivity contribution is -0.115. The number of ether oxygens (including phenoxy) is 1. The Morgan fingerprint density at radius 3 is 2.44 bits per heavy atom. The number of hydrogen-bond donors (Lipinski definition) is 2. The van der Waals surface area contributed by atoms with Gasteiger partial charge in [0.1, 0.15) is 11.6 Å². The van der Waals surface area contributed by atoms with Gasteiger partial charge in [-0.3, -0.25) is 9.59 Å².